The summed E-state index contributed by atoms with van der Waals surface area (Å²) in [6.45, 7) is 0. The number of pyridine rings is 2. The zero-order chi connectivity index (χ0) is 16.2. The van der Waals surface area contributed by atoms with Crippen molar-refractivity contribution >= 4 is 11.6 Å². The lowest BCUT2D eigenvalue weighted by atomic mass is 10.2. The molecule has 1 N–H and O–H groups in total. The fraction of sp³-hybridized carbons (Fsp3) is 0. The number of aromatic nitrogens is 4. The fourth-order valence-electron chi connectivity index (χ4n) is 2.25. The summed E-state index contributed by atoms with van der Waals surface area (Å²) in [6, 6.07) is 13.2. The molecular formula is C18H13N5O. The number of rotatable bonds is 4. The minimum Gasteiger partial charge on any atom is -0.464 e. The van der Waals surface area contributed by atoms with Crippen LogP contribution in [0, 0.1) is 0 Å². The van der Waals surface area contributed by atoms with E-state index in [-0.39, 0.29) is 0 Å². The summed E-state index contributed by atoms with van der Waals surface area (Å²) in [6.07, 6.45) is 8.44. The van der Waals surface area contributed by atoms with Gasteiger partial charge in [-0.1, -0.05) is 6.07 Å². The van der Waals surface area contributed by atoms with Gasteiger partial charge in [-0.3, -0.25) is 9.97 Å². The van der Waals surface area contributed by atoms with Crippen molar-refractivity contribution in [3.8, 4) is 22.7 Å². The lowest BCUT2D eigenvalue weighted by molar-refractivity contribution is 0.582. The molecule has 24 heavy (non-hydrogen) atoms. The molecule has 0 radical (unpaired) electrons. The number of furan rings is 1. The van der Waals surface area contributed by atoms with Gasteiger partial charge in [-0.25, -0.2) is 9.97 Å². The van der Waals surface area contributed by atoms with Crippen molar-refractivity contribution in [1.82, 2.24) is 19.9 Å². The number of nitrogens with one attached hydrogen (secondary N) is 1. The molecule has 0 unspecified atom stereocenters. The second-order valence-electron chi connectivity index (χ2n) is 5.04. The summed E-state index contributed by atoms with van der Waals surface area (Å²) in [5, 5.41) is 3.14. The van der Waals surface area contributed by atoms with Gasteiger partial charge < -0.3 is 9.73 Å². The molecule has 6 heteroatoms. The van der Waals surface area contributed by atoms with Gasteiger partial charge in [0.2, 0.25) is 0 Å². The Bertz CT molecular complexity index is 921. The van der Waals surface area contributed by atoms with Crippen LogP contribution in [0.3, 0.4) is 0 Å². The Kier molecular flexibility index (Phi) is 3.69. The summed E-state index contributed by atoms with van der Waals surface area (Å²) in [4.78, 5) is 17.4. The van der Waals surface area contributed by atoms with Gasteiger partial charge in [0.05, 0.1) is 24.4 Å². The first kappa shape index (κ1) is 14.1. The topological polar surface area (TPSA) is 76.7 Å². The first-order chi connectivity index (χ1) is 11.9. The molecule has 0 aliphatic carbocycles. The largest absolute Gasteiger partial charge is 0.464 e. The molecule has 4 heterocycles. The first-order valence-electron chi connectivity index (χ1n) is 7.39. The zero-order valence-corrected chi connectivity index (χ0v) is 12.6. The summed E-state index contributed by atoms with van der Waals surface area (Å²) >= 11 is 0. The third-order valence-electron chi connectivity index (χ3n) is 3.39. The molecule has 0 amide bonds. The molecule has 116 valence electrons. The zero-order valence-electron chi connectivity index (χ0n) is 12.6. The van der Waals surface area contributed by atoms with Gasteiger partial charge in [0.1, 0.15) is 17.3 Å². The second kappa shape index (κ2) is 6.29. The molecule has 0 saturated carbocycles. The maximum atomic E-state index is 5.35. The lowest BCUT2D eigenvalue weighted by Gasteiger charge is -2.06. The standard InChI is InChI=1S/C18H13N5O/c1-2-8-20-14(4-1)15-11-19-12-18(22-15)23-17-7-6-13(10-21-17)16-5-3-9-24-16/h1-12H,(H,21,22,23). The van der Waals surface area contributed by atoms with Gasteiger partial charge in [-0.15, -0.1) is 0 Å². The van der Waals surface area contributed by atoms with E-state index in [0.717, 1.165) is 17.0 Å². The quantitative estimate of drug-likeness (QED) is 0.614. The summed E-state index contributed by atoms with van der Waals surface area (Å²) in [7, 11) is 0. The Morgan fingerprint density at radius 3 is 2.54 bits per heavy atom. The van der Waals surface area contributed by atoms with Crippen LogP contribution in [-0.4, -0.2) is 19.9 Å². The van der Waals surface area contributed by atoms with Crippen molar-refractivity contribution in [3.05, 3.63) is 73.5 Å². The normalized spacial score (nSPS) is 10.5. The average molecular weight is 315 g/mol. The SMILES string of the molecule is c1ccc(-c2cncc(Nc3ccc(-c4ccco4)cn3)n2)nc1. The highest BCUT2D eigenvalue weighted by Gasteiger charge is 2.05. The molecule has 4 aromatic heterocycles. The van der Waals surface area contributed by atoms with E-state index in [0.29, 0.717) is 17.3 Å². The highest BCUT2D eigenvalue weighted by molar-refractivity contribution is 5.61. The average Bonchev–Trinajstić information content (AvgIpc) is 3.18. The van der Waals surface area contributed by atoms with Gasteiger partial charge in [0.15, 0.2) is 5.82 Å². The molecule has 0 aliphatic heterocycles. The van der Waals surface area contributed by atoms with Crippen LogP contribution < -0.4 is 5.32 Å². The van der Waals surface area contributed by atoms with E-state index < -0.39 is 0 Å². The van der Waals surface area contributed by atoms with E-state index in [1.54, 1.807) is 31.1 Å². The minimum absolute atomic E-state index is 0.608. The van der Waals surface area contributed by atoms with Crippen LogP contribution >= 0.6 is 0 Å². The lowest BCUT2D eigenvalue weighted by Crippen LogP contribution is -1.98. The fourth-order valence-corrected chi connectivity index (χ4v) is 2.25. The molecule has 6 nitrogen and oxygen atoms in total. The van der Waals surface area contributed by atoms with Crippen molar-refractivity contribution < 1.29 is 4.42 Å². The number of hydrogen-bond donors (Lipinski definition) is 1. The van der Waals surface area contributed by atoms with Gasteiger partial charge in [0.25, 0.3) is 0 Å². The van der Waals surface area contributed by atoms with Crippen LogP contribution in [0.15, 0.2) is 77.9 Å². The third-order valence-corrected chi connectivity index (χ3v) is 3.39. The monoisotopic (exact) mass is 315 g/mol. The van der Waals surface area contributed by atoms with Crippen molar-refractivity contribution in [3.63, 3.8) is 0 Å². The Balaban J connectivity index is 1.55. The number of nitrogens with zero attached hydrogens (tertiary/aromatic N) is 4. The predicted molar refractivity (Wildman–Crippen MR) is 90.5 cm³/mol. The van der Waals surface area contributed by atoms with Crippen molar-refractivity contribution in [2.24, 2.45) is 0 Å². The van der Waals surface area contributed by atoms with Crippen LogP contribution in [0.4, 0.5) is 11.6 Å². The van der Waals surface area contributed by atoms with Crippen LogP contribution in [0.5, 0.6) is 0 Å². The minimum atomic E-state index is 0.608. The maximum Gasteiger partial charge on any atom is 0.150 e. The smallest absolute Gasteiger partial charge is 0.150 e. The van der Waals surface area contributed by atoms with Crippen LogP contribution in [0.2, 0.25) is 0 Å². The summed E-state index contributed by atoms with van der Waals surface area (Å²) < 4.78 is 5.35. The molecule has 0 spiro atoms. The van der Waals surface area contributed by atoms with E-state index in [9.17, 15) is 0 Å². The molecule has 0 saturated heterocycles. The van der Waals surface area contributed by atoms with Gasteiger partial charge in [-0.05, 0) is 36.4 Å². The Morgan fingerprint density at radius 2 is 1.79 bits per heavy atom. The van der Waals surface area contributed by atoms with Crippen LogP contribution in [-0.2, 0) is 0 Å². The van der Waals surface area contributed by atoms with E-state index in [1.165, 1.54) is 0 Å². The van der Waals surface area contributed by atoms with E-state index in [1.807, 2.05) is 42.5 Å². The Morgan fingerprint density at radius 1 is 0.792 bits per heavy atom. The number of hydrogen-bond acceptors (Lipinski definition) is 6. The van der Waals surface area contributed by atoms with E-state index in [2.05, 4.69) is 25.3 Å². The molecule has 4 rings (SSSR count). The molecule has 0 bridgehead atoms. The maximum absolute atomic E-state index is 5.35. The molecule has 4 aromatic rings. The molecule has 0 aliphatic rings. The van der Waals surface area contributed by atoms with Crippen molar-refractivity contribution in [2.75, 3.05) is 5.32 Å². The first-order valence-corrected chi connectivity index (χ1v) is 7.39. The molecule has 0 fully saturated rings. The van der Waals surface area contributed by atoms with E-state index >= 15 is 0 Å². The Labute approximate surface area is 138 Å². The van der Waals surface area contributed by atoms with Gasteiger partial charge in [0, 0.05) is 18.0 Å². The molecule has 0 aromatic carbocycles. The predicted octanol–water partition coefficient (Wildman–Crippen LogP) is 3.94. The highest BCUT2D eigenvalue weighted by atomic mass is 16.3. The molecule has 0 atom stereocenters. The molecular weight excluding hydrogens is 302 g/mol. The van der Waals surface area contributed by atoms with Crippen LogP contribution in [0.1, 0.15) is 0 Å². The second-order valence-corrected chi connectivity index (χ2v) is 5.04. The Hall–Kier alpha value is -3.54. The van der Waals surface area contributed by atoms with Crippen molar-refractivity contribution in [2.45, 2.75) is 0 Å². The van der Waals surface area contributed by atoms with E-state index in [4.69, 9.17) is 4.42 Å². The third kappa shape index (κ3) is 2.98. The highest BCUT2D eigenvalue weighted by Crippen LogP contribution is 2.21. The summed E-state index contributed by atoms with van der Waals surface area (Å²) in [5.74, 6) is 2.07. The summed E-state index contributed by atoms with van der Waals surface area (Å²) in [5.41, 5.74) is 2.39. The number of anilines is 2. The van der Waals surface area contributed by atoms with Crippen LogP contribution in [0.25, 0.3) is 22.7 Å². The van der Waals surface area contributed by atoms with Crippen molar-refractivity contribution in [1.29, 1.82) is 0 Å². The van der Waals surface area contributed by atoms with Gasteiger partial charge >= 0.3 is 0 Å². The van der Waals surface area contributed by atoms with Gasteiger partial charge in [-0.2, -0.15) is 0 Å².